The molecule has 3 aromatic rings. The summed E-state index contributed by atoms with van der Waals surface area (Å²) in [5.74, 6) is -0.161. The summed E-state index contributed by atoms with van der Waals surface area (Å²) in [7, 11) is 1.60. The molecule has 136 valence electrons. The van der Waals surface area contributed by atoms with E-state index in [-0.39, 0.29) is 24.2 Å². The van der Waals surface area contributed by atoms with Gasteiger partial charge in [-0.25, -0.2) is 9.48 Å². The van der Waals surface area contributed by atoms with Crippen molar-refractivity contribution in [2.24, 2.45) is 0 Å². The van der Waals surface area contributed by atoms with E-state index in [2.05, 4.69) is 15.6 Å². The zero-order valence-electron chi connectivity index (χ0n) is 14.5. The second kappa shape index (κ2) is 6.87. The molecule has 3 rings (SSSR count). The number of carboxylic acids is 1. The van der Waals surface area contributed by atoms with Crippen LogP contribution in [0.1, 0.15) is 34.8 Å². The summed E-state index contributed by atoms with van der Waals surface area (Å²) in [5, 5.41) is 19.6. The van der Waals surface area contributed by atoms with E-state index in [9.17, 15) is 9.59 Å². The van der Waals surface area contributed by atoms with E-state index in [1.54, 1.807) is 7.11 Å². The Hall–Kier alpha value is -3.36. The number of benzene rings is 1. The van der Waals surface area contributed by atoms with Crippen LogP contribution < -0.4 is 10.1 Å². The maximum absolute atomic E-state index is 12.2. The van der Waals surface area contributed by atoms with E-state index in [1.807, 2.05) is 32.0 Å². The lowest BCUT2D eigenvalue weighted by Crippen LogP contribution is -2.30. The zero-order valence-corrected chi connectivity index (χ0v) is 14.5. The summed E-state index contributed by atoms with van der Waals surface area (Å²) in [6, 6.07) is 5.14. The molecule has 2 heterocycles. The fourth-order valence-corrected chi connectivity index (χ4v) is 2.73. The lowest BCUT2D eigenvalue weighted by atomic mass is 10.1. The summed E-state index contributed by atoms with van der Waals surface area (Å²) in [6.45, 7) is 3.58. The maximum atomic E-state index is 12.2. The number of hydrogen-bond acceptors (Lipinski definition) is 6. The highest BCUT2D eigenvalue weighted by Gasteiger charge is 2.19. The minimum Gasteiger partial charge on any atom is -0.497 e. The fraction of sp³-hybridized carbons (Fsp3) is 0.294. The van der Waals surface area contributed by atoms with Crippen molar-refractivity contribution < 1.29 is 23.8 Å². The molecule has 2 N–H and O–H groups in total. The minimum absolute atomic E-state index is 0.141. The zero-order chi connectivity index (χ0) is 18.8. The van der Waals surface area contributed by atoms with Crippen molar-refractivity contribution in [3.63, 3.8) is 0 Å². The first-order valence-corrected chi connectivity index (χ1v) is 7.89. The monoisotopic (exact) mass is 358 g/mol. The van der Waals surface area contributed by atoms with E-state index in [1.165, 1.54) is 10.9 Å². The van der Waals surface area contributed by atoms with Gasteiger partial charge in [-0.2, -0.15) is 0 Å². The maximum Gasteiger partial charge on any atom is 0.358 e. The van der Waals surface area contributed by atoms with E-state index >= 15 is 0 Å². The van der Waals surface area contributed by atoms with Crippen LogP contribution in [0.3, 0.4) is 0 Å². The highest BCUT2D eigenvalue weighted by molar-refractivity contribution is 5.85. The molecule has 0 aliphatic heterocycles. The van der Waals surface area contributed by atoms with E-state index < -0.39 is 5.97 Å². The third-order valence-corrected chi connectivity index (χ3v) is 4.01. The third kappa shape index (κ3) is 3.37. The van der Waals surface area contributed by atoms with E-state index in [0.29, 0.717) is 11.3 Å². The number of nitrogens with one attached hydrogen (secondary N) is 1. The lowest BCUT2D eigenvalue weighted by Gasteiger charge is -2.12. The molecule has 0 saturated carbocycles. The first-order valence-electron chi connectivity index (χ1n) is 7.89. The average Bonchev–Trinajstić information content (AvgIpc) is 3.19. The van der Waals surface area contributed by atoms with Crippen molar-refractivity contribution in [1.29, 1.82) is 0 Å². The first kappa shape index (κ1) is 17.5. The topological polar surface area (TPSA) is 119 Å². The Kier molecular flexibility index (Phi) is 4.61. The van der Waals surface area contributed by atoms with Crippen LogP contribution in [0.5, 0.6) is 5.75 Å². The molecule has 2 aromatic heterocycles. The van der Waals surface area contributed by atoms with Crippen molar-refractivity contribution in [3.05, 3.63) is 41.4 Å². The second-order valence-corrected chi connectivity index (χ2v) is 5.85. The Labute approximate surface area is 148 Å². The summed E-state index contributed by atoms with van der Waals surface area (Å²) in [6.07, 6.45) is 1.20. The fourth-order valence-electron chi connectivity index (χ4n) is 2.73. The Morgan fingerprint density at radius 1 is 1.42 bits per heavy atom. The van der Waals surface area contributed by atoms with Crippen molar-refractivity contribution in [1.82, 2.24) is 20.3 Å². The van der Waals surface area contributed by atoms with Crippen LogP contribution in [0, 0.1) is 6.92 Å². The standard InChI is InChI=1S/C17H18N4O5/c1-9-12-6-11(25-3)4-5-14(12)26-16(9)10(2)18-15(22)8-21-7-13(17(23)24)19-20-21/h4-7,10H,8H2,1-3H3,(H,18,22)(H,23,24). The molecule has 0 spiro atoms. The molecule has 0 aliphatic carbocycles. The highest BCUT2D eigenvalue weighted by atomic mass is 16.5. The van der Waals surface area contributed by atoms with Crippen LogP contribution in [0.25, 0.3) is 11.0 Å². The van der Waals surface area contributed by atoms with Gasteiger partial charge in [0.1, 0.15) is 23.6 Å². The smallest absolute Gasteiger partial charge is 0.358 e. The quantitative estimate of drug-likeness (QED) is 0.691. The third-order valence-electron chi connectivity index (χ3n) is 4.01. The van der Waals surface area contributed by atoms with Gasteiger partial charge in [-0.3, -0.25) is 4.79 Å². The van der Waals surface area contributed by atoms with Crippen LogP contribution in [0.2, 0.25) is 0 Å². The van der Waals surface area contributed by atoms with Crippen molar-refractivity contribution in [2.75, 3.05) is 7.11 Å². The Morgan fingerprint density at radius 3 is 2.85 bits per heavy atom. The second-order valence-electron chi connectivity index (χ2n) is 5.85. The number of amides is 1. The van der Waals surface area contributed by atoms with Gasteiger partial charge in [0.15, 0.2) is 5.69 Å². The van der Waals surface area contributed by atoms with Gasteiger partial charge in [0.05, 0.1) is 19.3 Å². The molecule has 0 saturated heterocycles. The molecular formula is C17H18N4O5. The number of fused-ring (bicyclic) bond motifs is 1. The Morgan fingerprint density at radius 2 is 2.19 bits per heavy atom. The molecule has 0 radical (unpaired) electrons. The number of aryl methyl sites for hydroxylation is 1. The largest absolute Gasteiger partial charge is 0.497 e. The van der Waals surface area contributed by atoms with Gasteiger partial charge >= 0.3 is 5.97 Å². The van der Waals surface area contributed by atoms with Crippen molar-refractivity contribution >= 4 is 22.8 Å². The predicted octanol–water partition coefficient (Wildman–Crippen LogP) is 1.92. The summed E-state index contributed by atoms with van der Waals surface area (Å²) in [4.78, 5) is 23.0. The van der Waals surface area contributed by atoms with Gasteiger partial charge in [-0.15, -0.1) is 5.10 Å². The van der Waals surface area contributed by atoms with Gasteiger partial charge in [-0.05, 0) is 32.0 Å². The molecule has 1 unspecified atom stereocenters. The number of carbonyl (C=O) groups is 2. The number of furan rings is 1. The number of carbonyl (C=O) groups excluding carboxylic acids is 1. The summed E-state index contributed by atoms with van der Waals surface area (Å²) in [5.41, 5.74) is 1.41. The Bertz CT molecular complexity index is 975. The van der Waals surface area contributed by atoms with Gasteiger partial charge < -0.3 is 19.6 Å². The van der Waals surface area contributed by atoms with E-state index in [4.69, 9.17) is 14.3 Å². The molecule has 1 aromatic carbocycles. The van der Waals surface area contributed by atoms with Crippen LogP contribution in [0.15, 0.2) is 28.8 Å². The number of methoxy groups -OCH3 is 1. The van der Waals surface area contributed by atoms with Crippen LogP contribution in [0.4, 0.5) is 0 Å². The molecule has 0 bridgehead atoms. The molecule has 1 atom stereocenters. The van der Waals surface area contributed by atoms with Crippen LogP contribution in [-0.2, 0) is 11.3 Å². The number of nitrogens with zero attached hydrogens (tertiary/aromatic N) is 3. The van der Waals surface area contributed by atoms with Gasteiger partial charge in [0.2, 0.25) is 5.91 Å². The molecule has 9 heteroatoms. The van der Waals surface area contributed by atoms with Crippen molar-refractivity contribution in [3.8, 4) is 5.75 Å². The number of aromatic nitrogens is 3. The van der Waals surface area contributed by atoms with Crippen molar-refractivity contribution in [2.45, 2.75) is 26.4 Å². The number of hydrogen-bond donors (Lipinski definition) is 2. The summed E-state index contributed by atoms with van der Waals surface area (Å²) >= 11 is 0. The van der Waals surface area contributed by atoms with E-state index in [0.717, 1.165) is 16.7 Å². The number of carboxylic acid groups (broad SMARTS) is 1. The molecule has 1 amide bonds. The van der Waals surface area contributed by atoms with Gasteiger partial charge in [0, 0.05) is 10.9 Å². The first-order chi connectivity index (χ1) is 12.4. The lowest BCUT2D eigenvalue weighted by molar-refractivity contribution is -0.122. The Balaban J connectivity index is 1.73. The average molecular weight is 358 g/mol. The predicted molar refractivity (Wildman–Crippen MR) is 91.0 cm³/mol. The number of rotatable bonds is 6. The molecule has 9 nitrogen and oxygen atoms in total. The SMILES string of the molecule is COc1ccc2oc(C(C)NC(=O)Cn3cc(C(=O)O)nn3)c(C)c2c1. The molecule has 26 heavy (non-hydrogen) atoms. The van der Waals surface area contributed by atoms with Gasteiger partial charge in [-0.1, -0.05) is 5.21 Å². The normalized spacial score (nSPS) is 12.1. The molecule has 0 aliphatic rings. The molecular weight excluding hydrogens is 340 g/mol. The van der Waals surface area contributed by atoms with Gasteiger partial charge in [0.25, 0.3) is 0 Å². The highest BCUT2D eigenvalue weighted by Crippen LogP contribution is 2.31. The number of aromatic carboxylic acids is 1. The minimum atomic E-state index is -1.20. The van der Waals surface area contributed by atoms with Crippen LogP contribution in [-0.4, -0.2) is 39.1 Å². The number of ether oxygens (including phenoxy) is 1. The summed E-state index contributed by atoms with van der Waals surface area (Å²) < 4.78 is 12.3. The molecule has 0 fully saturated rings. The van der Waals surface area contributed by atoms with Crippen LogP contribution >= 0.6 is 0 Å².